The fourth-order valence-electron chi connectivity index (χ4n) is 3.82. The van der Waals surface area contributed by atoms with Crippen molar-refractivity contribution in [2.75, 3.05) is 31.6 Å². The Morgan fingerprint density at radius 2 is 1.75 bits per heavy atom. The summed E-state index contributed by atoms with van der Waals surface area (Å²) in [4.78, 5) is 51.4. The number of nitrogens with zero attached hydrogens (tertiary/aromatic N) is 1. The lowest BCUT2D eigenvalue weighted by atomic mass is 10.1. The van der Waals surface area contributed by atoms with Crippen molar-refractivity contribution in [2.24, 2.45) is 5.92 Å². The molecular weight excluding hydrogens is 460 g/mol. The molecule has 2 atom stereocenters. The molecule has 3 amide bonds. The number of rotatable bonds is 10. The number of hydrogen-bond acceptors (Lipinski definition) is 6. The summed E-state index contributed by atoms with van der Waals surface area (Å²) < 4.78 is 5.19. The monoisotopic (exact) mass is 494 g/mol. The zero-order valence-electron chi connectivity index (χ0n) is 21.0. The number of hydrogen-bond donors (Lipinski definition) is 3. The summed E-state index contributed by atoms with van der Waals surface area (Å²) in [6.07, 6.45) is -0.185. The molecule has 1 heterocycles. The highest BCUT2D eigenvalue weighted by molar-refractivity contribution is 5.95. The Bertz CT molecular complexity index is 1060. The summed E-state index contributed by atoms with van der Waals surface area (Å²) in [6.45, 7) is 6.62. The van der Waals surface area contributed by atoms with Gasteiger partial charge in [0.2, 0.25) is 11.8 Å². The van der Waals surface area contributed by atoms with E-state index >= 15 is 0 Å². The Labute approximate surface area is 211 Å². The van der Waals surface area contributed by atoms with Gasteiger partial charge >= 0.3 is 5.97 Å². The predicted octanol–water partition coefficient (Wildman–Crippen LogP) is 2.51. The molecule has 9 nitrogen and oxygen atoms in total. The zero-order valence-corrected chi connectivity index (χ0v) is 21.0. The lowest BCUT2D eigenvalue weighted by Gasteiger charge is -2.34. The second-order valence-electron chi connectivity index (χ2n) is 9.21. The van der Waals surface area contributed by atoms with Gasteiger partial charge in [0, 0.05) is 24.3 Å². The van der Waals surface area contributed by atoms with Crippen molar-refractivity contribution in [1.29, 1.82) is 0 Å². The van der Waals surface area contributed by atoms with Gasteiger partial charge in [0.15, 0.2) is 0 Å². The molecule has 1 aliphatic rings. The number of ether oxygens (including phenoxy) is 1. The summed E-state index contributed by atoms with van der Waals surface area (Å²) in [5.74, 6) is -1.19. The first-order valence-electron chi connectivity index (χ1n) is 12.2. The normalized spacial score (nSPS) is 16.2. The molecule has 192 valence electrons. The lowest BCUT2D eigenvalue weighted by molar-refractivity contribution is -0.152. The standard InChI is InChI=1S/C27H34N4O5/c1-18(2)17-36-25(33)15-23-27(35)28-13-14-31(23)24(32)16-29-22-11-9-21(10-12-22)26(34)30-19(3)20-7-5-4-6-8-20/h4-12,18-19,23,29H,13-17H2,1-3H3,(H,28,35)(H,30,34). The fraction of sp³-hybridized carbons (Fsp3) is 0.407. The number of esters is 1. The number of carbonyl (C=O) groups excluding carboxylic acids is 4. The maximum atomic E-state index is 12.9. The van der Waals surface area contributed by atoms with E-state index in [-0.39, 0.29) is 49.3 Å². The second kappa shape index (κ2) is 12.7. The first-order valence-corrected chi connectivity index (χ1v) is 12.2. The molecule has 9 heteroatoms. The smallest absolute Gasteiger partial charge is 0.308 e. The van der Waals surface area contributed by atoms with Crippen LogP contribution in [0.15, 0.2) is 54.6 Å². The minimum Gasteiger partial charge on any atom is -0.465 e. The van der Waals surface area contributed by atoms with Crippen molar-refractivity contribution in [3.8, 4) is 0 Å². The quantitative estimate of drug-likeness (QED) is 0.437. The van der Waals surface area contributed by atoms with E-state index in [9.17, 15) is 19.2 Å². The Hall–Kier alpha value is -3.88. The summed E-state index contributed by atoms with van der Waals surface area (Å²) in [7, 11) is 0. The van der Waals surface area contributed by atoms with Crippen LogP contribution < -0.4 is 16.0 Å². The number of amides is 3. The van der Waals surface area contributed by atoms with Gasteiger partial charge in [-0.3, -0.25) is 19.2 Å². The van der Waals surface area contributed by atoms with Crippen LogP contribution in [0.1, 0.15) is 49.2 Å². The van der Waals surface area contributed by atoms with E-state index in [1.54, 1.807) is 24.3 Å². The molecule has 0 aromatic heterocycles. The van der Waals surface area contributed by atoms with Gasteiger partial charge in [-0.25, -0.2) is 0 Å². The van der Waals surface area contributed by atoms with Crippen molar-refractivity contribution >= 4 is 29.4 Å². The van der Waals surface area contributed by atoms with Gasteiger partial charge in [0.1, 0.15) is 6.04 Å². The Morgan fingerprint density at radius 3 is 2.42 bits per heavy atom. The number of nitrogens with one attached hydrogen (secondary N) is 3. The van der Waals surface area contributed by atoms with E-state index in [1.807, 2.05) is 51.1 Å². The third-order valence-electron chi connectivity index (χ3n) is 5.83. The number of benzene rings is 2. The third kappa shape index (κ3) is 7.56. The van der Waals surface area contributed by atoms with Crippen LogP contribution in [0.5, 0.6) is 0 Å². The van der Waals surface area contributed by atoms with Crippen LogP contribution in [0.3, 0.4) is 0 Å². The molecular formula is C27H34N4O5. The molecule has 0 radical (unpaired) electrons. The van der Waals surface area contributed by atoms with Crippen molar-refractivity contribution in [3.05, 3.63) is 65.7 Å². The van der Waals surface area contributed by atoms with Crippen molar-refractivity contribution in [1.82, 2.24) is 15.5 Å². The van der Waals surface area contributed by atoms with Crippen LogP contribution in [0.2, 0.25) is 0 Å². The molecule has 1 saturated heterocycles. The van der Waals surface area contributed by atoms with Crippen molar-refractivity contribution in [3.63, 3.8) is 0 Å². The maximum Gasteiger partial charge on any atom is 0.308 e. The summed E-state index contributed by atoms with van der Waals surface area (Å²) >= 11 is 0. The van der Waals surface area contributed by atoms with Gasteiger partial charge < -0.3 is 25.6 Å². The Kier molecular flexibility index (Phi) is 9.44. The molecule has 0 spiro atoms. The summed E-state index contributed by atoms with van der Waals surface area (Å²) in [5.41, 5.74) is 2.17. The molecule has 36 heavy (non-hydrogen) atoms. The highest BCUT2D eigenvalue weighted by Crippen LogP contribution is 2.15. The van der Waals surface area contributed by atoms with E-state index in [4.69, 9.17) is 4.74 Å². The topological polar surface area (TPSA) is 117 Å². The molecule has 0 aliphatic carbocycles. The van der Waals surface area contributed by atoms with Crippen LogP contribution in [0, 0.1) is 5.92 Å². The lowest BCUT2D eigenvalue weighted by Crippen LogP contribution is -2.58. The zero-order chi connectivity index (χ0) is 26.1. The Balaban J connectivity index is 1.53. The van der Waals surface area contributed by atoms with Gasteiger partial charge in [-0.1, -0.05) is 44.2 Å². The fourth-order valence-corrected chi connectivity index (χ4v) is 3.82. The van der Waals surface area contributed by atoms with E-state index in [2.05, 4.69) is 16.0 Å². The summed E-state index contributed by atoms with van der Waals surface area (Å²) in [5, 5.41) is 8.70. The first-order chi connectivity index (χ1) is 17.2. The SMILES string of the molecule is CC(C)COC(=O)CC1C(=O)NCCN1C(=O)CNc1ccc(C(=O)NC(C)c2ccccc2)cc1. The molecule has 2 aromatic rings. The first kappa shape index (κ1) is 26.7. The Morgan fingerprint density at radius 1 is 1.06 bits per heavy atom. The van der Waals surface area contributed by atoms with Gasteiger partial charge in [0.25, 0.3) is 5.91 Å². The predicted molar refractivity (Wildman–Crippen MR) is 136 cm³/mol. The van der Waals surface area contributed by atoms with Crippen LogP contribution in [0.4, 0.5) is 5.69 Å². The van der Waals surface area contributed by atoms with Crippen LogP contribution in [-0.4, -0.2) is 60.9 Å². The van der Waals surface area contributed by atoms with E-state index in [1.165, 1.54) is 4.90 Å². The number of carbonyl (C=O) groups is 4. The second-order valence-corrected chi connectivity index (χ2v) is 9.21. The molecule has 2 aromatic carbocycles. The molecule has 1 fully saturated rings. The molecule has 1 aliphatic heterocycles. The largest absolute Gasteiger partial charge is 0.465 e. The van der Waals surface area contributed by atoms with E-state index in [0.29, 0.717) is 24.3 Å². The third-order valence-corrected chi connectivity index (χ3v) is 5.83. The summed E-state index contributed by atoms with van der Waals surface area (Å²) in [6, 6.07) is 15.5. The highest BCUT2D eigenvalue weighted by Gasteiger charge is 2.35. The number of anilines is 1. The molecule has 0 bridgehead atoms. The molecule has 3 rings (SSSR count). The van der Waals surface area contributed by atoms with Crippen LogP contribution in [0.25, 0.3) is 0 Å². The number of piperazine rings is 1. The average molecular weight is 495 g/mol. The molecule has 3 N–H and O–H groups in total. The van der Waals surface area contributed by atoms with Crippen molar-refractivity contribution < 1.29 is 23.9 Å². The highest BCUT2D eigenvalue weighted by atomic mass is 16.5. The van der Waals surface area contributed by atoms with Gasteiger partial charge in [0.05, 0.1) is 25.6 Å². The van der Waals surface area contributed by atoms with E-state index < -0.39 is 12.0 Å². The minimum absolute atomic E-state index is 0.0542. The molecule has 0 saturated carbocycles. The van der Waals surface area contributed by atoms with E-state index in [0.717, 1.165) is 5.56 Å². The van der Waals surface area contributed by atoms with Crippen LogP contribution >= 0.6 is 0 Å². The minimum atomic E-state index is -0.898. The van der Waals surface area contributed by atoms with Gasteiger partial charge in [-0.05, 0) is 42.7 Å². The average Bonchev–Trinajstić information content (AvgIpc) is 2.88. The van der Waals surface area contributed by atoms with Gasteiger partial charge in [-0.15, -0.1) is 0 Å². The van der Waals surface area contributed by atoms with Gasteiger partial charge in [-0.2, -0.15) is 0 Å². The molecule has 2 unspecified atom stereocenters. The maximum absolute atomic E-state index is 12.9. The van der Waals surface area contributed by atoms with Crippen molar-refractivity contribution in [2.45, 2.75) is 39.3 Å². The van der Waals surface area contributed by atoms with Crippen LogP contribution in [-0.2, 0) is 19.1 Å².